The molecule has 0 aliphatic heterocycles. The molecule has 0 aromatic heterocycles. The summed E-state index contributed by atoms with van der Waals surface area (Å²) < 4.78 is 5.88. The maximum Gasteiger partial charge on any atom is 0.211 e. The summed E-state index contributed by atoms with van der Waals surface area (Å²) in [6, 6.07) is 0.503. The highest BCUT2D eigenvalue weighted by Crippen LogP contribution is 2.56. The van der Waals surface area contributed by atoms with Crippen LogP contribution in [0.5, 0.6) is 0 Å². The van der Waals surface area contributed by atoms with Gasteiger partial charge in [0.15, 0.2) is 0 Å². The van der Waals surface area contributed by atoms with Gasteiger partial charge in [0, 0.05) is 5.75 Å². The molecule has 112 valence electrons. The molecule has 1 N–H and O–H groups in total. The van der Waals surface area contributed by atoms with Crippen LogP contribution in [0.2, 0.25) is 0 Å². The molecule has 1 atom stereocenters. The molecule has 1 aliphatic carbocycles. The molecule has 0 aromatic carbocycles. The summed E-state index contributed by atoms with van der Waals surface area (Å²) in [5.74, 6) is 1.07. The normalized spacial score (nSPS) is 19.9. The van der Waals surface area contributed by atoms with Crippen LogP contribution in [0.1, 0.15) is 58.8 Å². The number of hydrogen-bond donors (Lipinski definition) is 1. The first kappa shape index (κ1) is 17.5. The number of rotatable bonds is 10. The van der Waals surface area contributed by atoms with Gasteiger partial charge in [-0.3, -0.25) is 4.99 Å². The Morgan fingerprint density at radius 2 is 2.11 bits per heavy atom. The minimum Gasteiger partial charge on any atom is -0.326 e. The second kappa shape index (κ2) is 10.2. The number of nitrogens with zero attached hydrogens (tertiary/aromatic N) is 1. The van der Waals surface area contributed by atoms with Crippen molar-refractivity contribution in [2.45, 2.75) is 64.8 Å². The fourth-order valence-electron chi connectivity index (χ4n) is 1.92. The summed E-state index contributed by atoms with van der Waals surface area (Å²) in [6.45, 7) is 5.05. The summed E-state index contributed by atoms with van der Waals surface area (Å²) in [5.41, 5.74) is -1.97. The van der Waals surface area contributed by atoms with Crippen LogP contribution in [0.3, 0.4) is 0 Å². The Morgan fingerprint density at radius 1 is 1.37 bits per heavy atom. The highest BCUT2D eigenvalue weighted by atomic mass is 32.9. The summed E-state index contributed by atoms with van der Waals surface area (Å²) in [4.78, 5) is 4.58. The molecule has 0 aromatic rings. The molecule has 1 saturated carbocycles. The SMILES string of the molecule is CCCCSP(=S)(NC=NC1CCCC1)OCCC. The van der Waals surface area contributed by atoms with Crippen LogP contribution in [0.15, 0.2) is 4.99 Å². The minimum atomic E-state index is -1.97. The van der Waals surface area contributed by atoms with Gasteiger partial charge in [-0.05, 0) is 37.5 Å². The van der Waals surface area contributed by atoms with E-state index in [-0.39, 0.29) is 0 Å². The lowest BCUT2D eigenvalue weighted by Gasteiger charge is -2.21. The summed E-state index contributed by atoms with van der Waals surface area (Å²) in [7, 11) is 0. The van der Waals surface area contributed by atoms with E-state index in [1.54, 1.807) is 11.4 Å². The largest absolute Gasteiger partial charge is 0.326 e. The lowest BCUT2D eigenvalue weighted by molar-refractivity contribution is 0.356. The fourth-order valence-corrected chi connectivity index (χ4v) is 6.38. The number of nitrogens with one attached hydrogen (secondary N) is 1. The maximum atomic E-state index is 5.88. The van der Waals surface area contributed by atoms with E-state index in [1.807, 2.05) is 6.34 Å². The van der Waals surface area contributed by atoms with Gasteiger partial charge in [0.2, 0.25) is 5.62 Å². The monoisotopic (exact) mass is 322 g/mol. The maximum absolute atomic E-state index is 5.88. The third-order valence-electron chi connectivity index (χ3n) is 3.05. The number of unbranched alkanes of at least 4 members (excludes halogenated alkanes) is 1. The molecule has 3 nitrogen and oxygen atoms in total. The molecule has 1 rings (SSSR count). The van der Waals surface area contributed by atoms with Gasteiger partial charge in [-0.25, -0.2) is 0 Å². The molecule has 0 saturated heterocycles. The number of hydrogen-bond acceptors (Lipinski definition) is 4. The zero-order valence-electron chi connectivity index (χ0n) is 12.1. The first-order valence-electron chi connectivity index (χ1n) is 7.38. The Kier molecular flexibility index (Phi) is 9.38. The van der Waals surface area contributed by atoms with E-state index in [4.69, 9.17) is 16.3 Å². The van der Waals surface area contributed by atoms with Gasteiger partial charge in [0.1, 0.15) is 0 Å². The highest BCUT2D eigenvalue weighted by molar-refractivity contribution is 8.68. The van der Waals surface area contributed by atoms with Crippen molar-refractivity contribution >= 4 is 35.1 Å². The standard InChI is InChI=1S/C13H27N2OPS2/c1-3-5-11-19-17(18,16-10-4-2)15-12-14-13-8-6-7-9-13/h12-13H,3-11H2,1-2H3,(H,14,15,18). The molecule has 0 spiro atoms. The highest BCUT2D eigenvalue weighted by Gasteiger charge is 2.17. The van der Waals surface area contributed by atoms with Gasteiger partial charge >= 0.3 is 0 Å². The first-order valence-corrected chi connectivity index (χ1v) is 11.7. The molecule has 6 heteroatoms. The van der Waals surface area contributed by atoms with Crippen LogP contribution in [0.4, 0.5) is 0 Å². The number of aliphatic imine (C=N–C) groups is 1. The van der Waals surface area contributed by atoms with Gasteiger partial charge in [-0.2, -0.15) is 0 Å². The second-order valence-electron chi connectivity index (χ2n) is 4.86. The van der Waals surface area contributed by atoms with Crippen molar-refractivity contribution in [2.24, 2.45) is 4.99 Å². The Morgan fingerprint density at radius 3 is 2.74 bits per heavy atom. The molecule has 0 bridgehead atoms. The Labute approximate surface area is 127 Å². The van der Waals surface area contributed by atoms with Crippen LogP contribution >= 0.6 is 17.0 Å². The lowest BCUT2D eigenvalue weighted by Crippen LogP contribution is -2.11. The van der Waals surface area contributed by atoms with Crippen LogP contribution in [0, 0.1) is 0 Å². The van der Waals surface area contributed by atoms with Crippen molar-refractivity contribution in [3.63, 3.8) is 0 Å². The Bertz CT molecular complexity index is 307. The zero-order valence-corrected chi connectivity index (χ0v) is 14.7. The van der Waals surface area contributed by atoms with Gasteiger partial charge in [0.05, 0.1) is 19.0 Å². The third kappa shape index (κ3) is 7.69. The van der Waals surface area contributed by atoms with E-state index < -0.39 is 5.62 Å². The summed E-state index contributed by atoms with van der Waals surface area (Å²) in [5, 5.41) is 3.29. The van der Waals surface area contributed by atoms with Crippen molar-refractivity contribution in [2.75, 3.05) is 12.4 Å². The molecule has 0 radical (unpaired) electrons. The molecular weight excluding hydrogens is 295 g/mol. The van der Waals surface area contributed by atoms with Crippen molar-refractivity contribution in [3.8, 4) is 0 Å². The topological polar surface area (TPSA) is 33.6 Å². The fraction of sp³-hybridized carbons (Fsp3) is 0.923. The molecule has 0 heterocycles. The van der Waals surface area contributed by atoms with Crippen LogP contribution in [0.25, 0.3) is 0 Å². The Hall–Kier alpha value is 0.430. The smallest absolute Gasteiger partial charge is 0.211 e. The third-order valence-corrected chi connectivity index (χ3v) is 8.60. The molecule has 1 fully saturated rings. The van der Waals surface area contributed by atoms with Crippen molar-refractivity contribution < 1.29 is 4.52 Å². The quantitative estimate of drug-likeness (QED) is 0.273. The average Bonchev–Trinajstić information content (AvgIpc) is 2.90. The van der Waals surface area contributed by atoms with E-state index >= 15 is 0 Å². The second-order valence-corrected chi connectivity index (χ2v) is 11.6. The summed E-state index contributed by atoms with van der Waals surface area (Å²) >= 11 is 7.44. The zero-order chi connectivity index (χ0) is 14.0. The molecule has 0 amide bonds. The van der Waals surface area contributed by atoms with Crippen molar-refractivity contribution in [1.29, 1.82) is 0 Å². The van der Waals surface area contributed by atoms with Crippen LogP contribution < -0.4 is 5.09 Å². The molecule has 19 heavy (non-hydrogen) atoms. The van der Waals surface area contributed by atoms with Crippen LogP contribution in [-0.4, -0.2) is 24.7 Å². The van der Waals surface area contributed by atoms with E-state index in [9.17, 15) is 0 Å². The van der Waals surface area contributed by atoms with E-state index in [1.165, 1.54) is 38.5 Å². The van der Waals surface area contributed by atoms with Crippen molar-refractivity contribution in [1.82, 2.24) is 5.09 Å². The Balaban J connectivity index is 2.40. The molecule has 1 unspecified atom stereocenters. The summed E-state index contributed by atoms with van der Waals surface area (Å²) in [6.07, 6.45) is 10.3. The van der Waals surface area contributed by atoms with Crippen molar-refractivity contribution in [3.05, 3.63) is 0 Å². The minimum absolute atomic E-state index is 0.503. The lowest BCUT2D eigenvalue weighted by atomic mass is 10.3. The van der Waals surface area contributed by atoms with E-state index in [2.05, 4.69) is 23.9 Å². The van der Waals surface area contributed by atoms with E-state index in [0.29, 0.717) is 6.04 Å². The van der Waals surface area contributed by atoms with E-state index in [0.717, 1.165) is 18.8 Å². The van der Waals surface area contributed by atoms with Gasteiger partial charge in [-0.15, -0.1) is 0 Å². The predicted molar refractivity (Wildman–Crippen MR) is 91.8 cm³/mol. The first-order chi connectivity index (χ1) is 9.20. The van der Waals surface area contributed by atoms with Gasteiger partial charge in [-0.1, -0.05) is 44.5 Å². The molecular formula is C13H27N2OPS2. The predicted octanol–water partition coefficient (Wildman–Crippen LogP) is 4.73. The van der Waals surface area contributed by atoms with Gasteiger partial charge in [0.25, 0.3) is 0 Å². The van der Waals surface area contributed by atoms with Crippen LogP contribution in [-0.2, 0) is 16.3 Å². The van der Waals surface area contributed by atoms with Gasteiger partial charge < -0.3 is 9.61 Å². The molecule has 1 aliphatic rings. The average molecular weight is 322 g/mol.